The number of benzene rings is 2. The molecule has 0 N–H and O–H groups in total. The highest BCUT2D eigenvalue weighted by Crippen LogP contribution is 2.34. The number of ether oxygens (including phenoxy) is 2. The quantitative estimate of drug-likeness (QED) is 0.322. The first-order chi connectivity index (χ1) is 14.4. The average molecular weight is 408 g/mol. The van der Waals surface area contributed by atoms with E-state index in [-0.39, 0.29) is 11.7 Å². The number of rotatable bonds is 10. The van der Waals surface area contributed by atoms with Crippen molar-refractivity contribution < 1.29 is 19.1 Å². The molecule has 0 saturated heterocycles. The van der Waals surface area contributed by atoms with Crippen molar-refractivity contribution in [1.29, 1.82) is 0 Å². The first kappa shape index (κ1) is 22.9. The average Bonchev–Trinajstić information content (AvgIpc) is 2.74. The van der Waals surface area contributed by atoms with Crippen LogP contribution >= 0.6 is 0 Å². The highest BCUT2D eigenvalue weighted by Gasteiger charge is 2.14. The van der Waals surface area contributed by atoms with Gasteiger partial charge in [0, 0.05) is 25.2 Å². The Labute approximate surface area is 178 Å². The van der Waals surface area contributed by atoms with Crippen molar-refractivity contribution in [3.63, 3.8) is 0 Å². The summed E-state index contributed by atoms with van der Waals surface area (Å²) < 4.78 is 11.6. The Morgan fingerprint density at radius 1 is 0.967 bits per heavy atom. The molecule has 0 radical (unpaired) electrons. The lowest BCUT2D eigenvalue weighted by Gasteiger charge is -2.16. The van der Waals surface area contributed by atoms with Crippen LogP contribution in [0.2, 0.25) is 0 Å². The molecule has 0 heterocycles. The zero-order chi connectivity index (χ0) is 22.1. The van der Waals surface area contributed by atoms with Gasteiger partial charge in [0.1, 0.15) is 11.5 Å². The van der Waals surface area contributed by atoms with Crippen LogP contribution in [0.4, 0.5) is 0 Å². The Kier molecular flexibility index (Phi) is 8.41. The predicted molar refractivity (Wildman–Crippen MR) is 121 cm³/mol. The molecule has 5 heteroatoms. The molecular formula is C25H29NO4. The largest absolute Gasteiger partial charge is 0.493 e. The Morgan fingerprint density at radius 2 is 1.60 bits per heavy atom. The van der Waals surface area contributed by atoms with E-state index in [9.17, 15) is 9.59 Å². The van der Waals surface area contributed by atoms with Crippen LogP contribution < -0.4 is 9.47 Å². The fourth-order valence-electron chi connectivity index (χ4n) is 2.99. The minimum atomic E-state index is -0.169. The minimum Gasteiger partial charge on any atom is -0.493 e. The summed E-state index contributed by atoms with van der Waals surface area (Å²) in [4.78, 5) is 26.2. The number of carbonyl (C=O) groups is 2. The van der Waals surface area contributed by atoms with E-state index in [0.29, 0.717) is 42.3 Å². The van der Waals surface area contributed by atoms with Gasteiger partial charge in [0.15, 0.2) is 5.78 Å². The van der Waals surface area contributed by atoms with Gasteiger partial charge in [0.2, 0.25) is 0 Å². The standard InChI is InChI=1S/C25H29NO4/c1-6-9-19-14-17-23(29-7-2)21(24(19)30-8-3)15-16-22(27)18-10-12-20(13-11-18)25(28)26(4)5/h6,10-17H,1,7-9H2,2-5H3/b16-15+. The summed E-state index contributed by atoms with van der Waals surface area (Å²) in [5.74, 6) is 1.08. The second-order valence-electron chi connectivity index (χ2n) is 6.80. The third-order valence-corrected chi connectivity index (χ3v) is 4.41. The lowest BCUT2D eigenvalue weighted by atomic mass is 10.0. The minimum absolute atomic E-state index is 0.105. The molecule has 0 aliphatic heterocycles. The number of nitrogens with zero attached hydrogens (tertiary/aromatic N) is 1. The zero-order valence-corrected chi connectivity index (χ0v) is 18.1. The monoisotopic (exact) mass is 407 g/mol. The second kappa shape index (κ2) is 11.0. The Balaban J connectivity index is 2.37. The van der Waals surface area contributed by atoms with Crippen LogP contribution in [0.5, 0.6) is 11.5 Å². The van der Waals surface area contributed by atoms with Gasteiger partial charge in [-0.1, -0.05) is 24.3 Å². The molecule has 5 nitrogen and oxygen atoms in total. The van der Waals surface area contributed by atoms with Gasteiger partial charge in [-0.2, -0.15) is 0 Å². The first-order valence-corrected chi connectivity index (χ1v) is 9.99. The van der Waals surface area contributed by atoms with E-state index in [1.165, 1.54) is 11.0 Å². The highest BCUT2D eigenvalue weighted by molar-refractivity contribution is 6.07. The molecule has 0 aromatic heterocycles. The molecule has 0 spiro atoms. The van der Waals surface area contributed by atoms with E-state index in [2.05, 4.69) is 6.58 Å². The topological polar surface area (TPSA) is 55.8 Å². The van der Waals surface area contributed by atoms with Crippen molar-refractivity contribution in [2.45, 2.75) is 20.3 Å². The van der Waals surface area contributed by atoms with Gasteiger partial charge in [-0.3, -0.25) is 9.59 Å². The van der Waals surface area contributed by atoms with E-state index >= 15 is 0 Å². The molecule has 2 aromatic carbocycles. The molecule has 0 unspecified atom stereocenters. The molecule has 2 aromatic rings. The van der Waals surface area contributed by atoms with Gasteiger partial charge in [0.05, 0.1) is 18.8 Å². The second-order valence-corrected chi connectivity index (χ2v) is 6.80. The molecule has 0 aliphatic rings. The fourth-order valence-corrected chi connectivity index (χ4v) is 2.99. The van der Waals surface area contributed by atoms with Crippen LogP contribution in [0.15, 0.2) is 55.1 Å². The SMILES string of the molecule is C=CCc1ccc(OCC)c(/C=C/C(=O)c2ccc(C(=O)N(C)C)cc2)c1OCC. The molecule has 0 bridgehead atoms. The normalized spacial score (nSPS) is 10.7. The lowest BCUT2D eigenvalue weighted by molar-refractivity contribution is 0.0827. The molecule has 0 saturated carbocycles. The van der Waals surface area contributed by atoms with Crippen LogP contribution in [-0.2, 0) is 6.42 Å². The van der Waals surface area contributed by atoms with Crippen LogP contribution in [-0.4, -0.2) is 43.9 Å². The van der Waals surface area contributed by atoms with Crippen LogP contribution in [0.25, 0.3) is 6.08 Å². The summed E-state index contributed by atoms with van der Waals surface area (Å²) in [7, 11) is 3.38. The van der Waals surface area contributed by atoms with E-state index in [1.54, 1.807) is 44.4 Å². The molecule has 0 atom stereocenters. The van der Waals surface area contributed by atoms with Crippen molar-refractivity contribution in [2.75, 3.05) is 27.3 Å². The van der Waals surface area contributed by atoms with Crippen molar-refractivity contribution >= 4 is 17.8 Å². The van der Waals surface area contributed by atoms with Crippen molar-refractivity contribution in [2.24, 2.45) is 0 Å². The number of carbonyl (C=O) groups excluding carboxylic acids is 2. The Morgan fingerprint density at radius 3 is 2.17 bits per heavy atom. The number of ketones is 1. The fraction of sp³-hybridized carbons (Fsp3) is 0.280. The van der Waals surface area contributed by atoms with Crippen molar-refractivity contribution in [1.82, 2.24) is 4.90 Å². The maximum absolute atomic E-state index is 12.7. The summed E-state index contributed by atoms with van der Waals surface area (Å²) >= 11 is 0. The smallest absolute Gasteiger partial charge is 0.253 e. The van der Waals surface area contributed by atoms with Gasteiger partial charge >= 0.3 is 0 Å². The van der Waals surface area contributed by atoms with Gasteiger partial charge in [-0.25, -0.2) is 0 Å². The predicted octanol–water partition coefficient (Wildman–Crippen LogP) is 4.81. The van der Waals surface area contributed by atoms with E-state index in [1.807, 2.05) is 32.1 Å². The van der Waals surface area contributed by atoms with E-state index < -0.39 is 0 Å². The van der Waals surface area contributed by atoms with Gasteiger partial charge < -0.3 is 14.4 Å². The van der Waals surface area contributed by atoms with E-state index in [4.69, 9.17) is 9.47 Å². The Hall–Kier alpha value is -3.34. The molecule has 0 aliphatic carbocycles. The zero-order valence-electron chi connectivity index (χ0n) is 18.1. The summed E-state index contributed by atoms with van der Waals surface area (Å²) in [5.41, 5.74) is 2.74. The molecule has 158 valence electrons. The van der Waals surface area contributed by atoms with Crippen molar-refractivity contribution in [3.05, 3.63) is 77.4 Å². The molecule has 30 heavy (non-hydrogen) atoms. The lowest BCUT2D eigenvalue weighted by Crippen LogP contribution is -2.21. The molecule has 1 amide bonds. The van der Waals surface area contributed by atoms with Crippen LogP contribution in [0, 0.1) is 0 Å². The maximum Gasteiger partial charge on any atom is 0.253 e. The van der Waals surface area contributed by atoms with E-state index in [0.717, 1.165) is 11.1 Å². The summed E-state index contributed by atoms with van der Waals surface area (Å²) in [6.07, 6.45) is 5.69. The van der Waals surface area contributed by atoms with Gasteiger partial charge in [-0.15, -0.1) is 6.58 Å². The number of amides is 1. The van der Waals surface area contributed by atoms with Crippen LogP contribution in [0.1, 0.15) is 45.7 Å². The van der Waals surface area contributed by atoms with Crippen LogP contribution in [0.3, 0.4) is 0 Å². The third kappa shape index (κ3) is 5.60. The van der Waals surface area contributed by atoms with Gasteiger partial charge in [0.25, 0.3) is 5.91 Å². The van der Waals surface area contributed by atoms with Gasteiger partial charge in [-0.05, 0) is 56.2 Å². The molecule has 2 rings (SSSR count). The summed E-state index contributed by atoms with van der Waals surface area (Å²) in [6, 6.07) is 10.5. The molecule has 0 fully saturated rings. The number of allylic oxidation sites excluding steroid dienone is 2. The summed E-state index contributed by atoms with van der Waals surface area (Å²) in [5, 5.41) is 0. The third-order valence-electron chi connectivity index (χ3n) is 4.41. The first-order valence-electron chi connectivity index (χ1n) is 9.99. The highest BCUT2D eigenvalue weighted by atomic mass is 16.5. The van der Waals surface area contributed by atoms with Crippen molar-refractivity contribution in [3.8, 4) is 11.5 Å². The Bertz CT molecular complexity index is 927. The molecular weight excluding hydrogens is 378 g/mol. The summed E-state index contributed by atoms with van der Waals surface area (Å²) in [6.45, 7) is 8.63. The maximum atomic E-state index is 12.7. The number of hydrogen-bond donors (Lipinski definition) is 0. The number of hydrogen-bond acceptors (Lipinski definition) is 4.